The quantitative estimate of drug-likeness (QED) is 0.699. The first kappa shape index (κ1) is 16.0. The second kappa shape index (κ2) is 4.81. The minimum Gasteiger partial charge on any atom is -0.398 e. The van der Waals surface area contributed by atoms with Crippen LogP contribution in [0.3, 0.4) is 0 Å². The maximum absolute atomic E-state index is 14.7. The fraction of sp³-hybridized carbons (Fsp3) is 0.812. The third kappa shape index (κ3) is 2.40. The Kier molecular flexibility index (Phi) is 3.50. The Morgan fingerprint density at radius 2 is 1.73 bits per heavy atom. The zero-order valence-electron chi connectivity index (χ0n) is 14.2. The summed E-state index contributed by atoms with van der Waals surface area (Å²) in [5.41, 5.74) is -0.438. The summed E-state index contributed by atoms with van der Waals surface area (Å²) in [7, 11) is 0.940. The van der Waals surface area contributed by atoms with E-state index in [0.29, 0.717) is 19.3 Å². The molecule has 3 rings (SSSR count). The highest BCUT2D eigenvalue weighted by molar-refractivity contribution is 6.53. The Labute approximate surface area is 132 Å². The zero-order valence-corrected chi connectivity index (χ0v) is 14.2. The second-order valence-corrected chi connectivity index (χ2v) is 8.14. The molecule has 0 bridgehead atoms. The van der Waals surface area contributed by atoms with Crippen molar-refractivity contribution in [1.29, 1.82) is 0 Å². The van der Waals surface area contributed by atoms with Crippen LogP contribution in [0.25, 0.3) is 0 Å². The summed E-state index contributed by atoms with van der Waals surface area (Å²) in [4.78, 5) is 13.4. The molecule has 122 valence electrons. The maximum atomic E-state index is 14.7. The van der Waals surface area contributed by atoms with Crippen molar-refractivity contribution in [2.75, 3.05) is 13.6 Å². The summed E-state index contributed by atoms with van der Waals surface area (Å²) in [6, 6.07) is 0. The number of rotatable bonds is 1. The van der Waals surface area contributed by atoms with Gasteiger partial charge in [0.2, 0.25) is 5.91 Å². The van der Waals surface area contributed by atoms with Gasteiger partial charge in [-0.2, -0.15) is 0 Å². The monoisotopic (exact) mass is 309 g/mol. The first-order valence-electron chi connectivity index (χ1n) is 8.02. The molecule has 2 heterocycles. The van der Waals surface area contributed by atoms with Gasteiger partial charge < -0.3 is 14.2 Å². The fourth-order valence-corrected chi connectivity index (χ4v) is 3.66. The van der Waals surface area contributed by atoms with Crippen LogP contribution in [0.15, 0.2) is 11.3 Å². The minimum atomic E-state index is -0.889. The van der Waals surface area contributed by atoms with Crippen LogP contribution < -0.4 is 0 Å². The van der Waals surface area contributed by atoms with Crippen LogP contribution in [-0.2, 0) is 14.1 Å². The maximum Gasteiger partial charge on any atom is 0.525 e. The van der Waals surface area contributed by atoms with Gasteiger partial charge in [-0.15, -0.1) is 0 Å². The normalized spacial score (nSPS) is 33.4. The largest absolute Gasteiger partial charge is 0.525 e. The molecular weight excluding hydrogens is 284 g/mol. The summed E-state index contributed by atoms with van der Waals surface area (Å²) < 4.78 is 26.3. The number of allylic oxidation sites excluding steroid dienone is 1. The summed E-state index contributed by atoms with van der Waals surface area (Å²) in [5.74, 6) is 0.189. The van der Waals surface area contributed by atoms with Crippen molar-refractivity contribution in [2.45, 2.75) is 64.6 Å². The van der Waals surface area contributed by atoms with Gasteiger partial charge in [0.05, 0.1) is 11.2 Å². The van der Waals surface area contributed by atoms with Gasteiger partial charge in [0.25, 0.3) is 0 Å². The molecule has 0 N–H and O–H groups in total. The highest BCUT2D eigenvalue weighted by atomic mass is 19.1. The van der Waals surface area contributed by atoms with Crippen LogP contribution in [0.2, 0.25) is 0 Å². The van der Waals surface area contributed by atoms with Crippen LogP contribution in [0, 0.1) is 5.41 Å². The Morgan fingerprint density at radius 1 is 1.18 bits per heavy atom. The van der Waals surface area contributed by atoms with Gasteiger partial charge in [-0.3, -0.25) is 4.79 Å². The Balaban J connectivity index is 1.69. The molecule has 1 aliphatic carbocycles. The Bertz CT molecular complexity index is 520. The summed E-state index contributed by atoms with van der Waals surface area (Å²) in [6.07, 6.45) is 2.85. The lowest BCUT2D eigenvalue weighted by Crippen LogP contribution is -2.49. The van der Waals surface area contributed by atoms with Gasteiger partial charge in [-0.25, -0.2) is 4.39 Å². The predicted molar refractivity (Wildman–Crippen MR) is 82.8 cm³/mol. The van der Waals surface area contributed by atoms with Crippen molar-refractivity contribution in [3.8, 4) is 0 Å². The van der Waals surface area contributed by atoms with Gasteiger partial charge in [-0.05, 0) is 57.9 Å². The van der Waals surface area contributed by atoms with E-state index in [-0.39, 0.29) is 17.0 Å². The van der Waals surface area contributed by atoms with Gasteiger partial charge in [0.1, 0.15) is 5.73 Å². The van der Waals surface area contributed by atoms with E-state index in [1.54, 1.807) is 4.90 Å². The molecule has 0 aromatic rings. The van der Waals surface area contributed by atoms with Crippen molar-refractivity contribution in [2.24, 2.45) is 5.41 Å². The van der Waals surface area contributed by atoms with Crippen LogP contribution >= 0.6 is 0 Å². The molecular formula is C16H25BFNO3. The smallest absolute Gasteiger partial charge is 0.398 e. The second-order valence-electron chi connectivity index (χ2n) is 8.14. The van der Waals surface area contributed by atoms with E-state index < -0.39 is 18.3 Å². The summed E-state index contributed by atoms with van der Waals surface area (Å²) in [6.45, 7) is 8.43. The molecule has 0 aromatic heterocycles. The van der Waals surface area contributed by atoms with Crippen molar-refractivity contribution >= 4 is 13.0 Å². The lowest BCUT2D eigenvalue weighted by molar-refractivity contribution is -0.136. The number of piperidine rings is 1. The molecule has 0 atom stereocenters. The predicted octanol–water partition coefficient (Wildman–Crippen LogP) is 2.87. The van der Waals surface area contributed by atoms with E-state index in [1.165, 1.54) is 0 Å². The summed E-state index contributed by atoms with van der Waals surface area (Å²) in [5, 5.41) is 0. The van der Waals surface area contributed by atoms with E-state index in [2.05, 4.69) is 0 Å². The van der Waals surface area contributed by atoms with Gasteiger partial charge >= 0.3 is 7.12 Å². The first-order chi connectivity index (χ1) is 10.1. The molecule has 0 aromatic carbocycles. The van der Waals surface area contributed by atoms with Crippen LogP contribution in [0.1, 0.15) is 53.4 Å². The molecule has 1 amide bonds. The molecule has 4 nitrogen and oxygen atoms in total. The van der Waals surface area contributed by atoms with Crippen molar-refractivity contribution in [3.05, 3.63) is 11.3 Å². The summed E-state index contributed by atoms with van der Waals surface area (Å²) >= 11 is 0. The number of likely N-dealkylation sites (tertiary alicyclic amines) is 1. The van der Waals surface area contributed by atoms with Crippen LogP contribution in [-0.4, -0.2) is 42.7 Å². The number of carbonyl (C=O) groups is 1. The van der Waals surface area contributed by atoms with Crippen LogP contribution in [0.4, 0.5) is 4.39 Å². The third-order valence-corrected chi connectivity index (χ3v) is 5.84. The van der Waals surface area contributed by atoms with Crippen LogP contribution in [0.5, 0.6) is 0 Å². The lowest BCUT2D eigenvalue weighted by atomic mass is 9.59. The average molecular weight is 309 g/mol. The zero-order chi connectivity index (χ0) is 16.3. The van der Waals surface area contributed by atoms with Crippen molar-refractivity contribution in [1.82, 2.24) is 4.90 Å². The number of hydrogen-bond acceptors (Lipinski definition) is 3. The highest BCUT2D eigenvalue weighted by Crippen LogP contribution is 2.53. The van der Waals surface area contributed by atoms with E-state index >= 15 is 0 Å². The number of nitrogens with zero attached hydrogens (tertiary/aromatic N) is 1. The van der Waals surface area contributed by atoms with E-state index in [4.69, 9.17) is 9.31 Å². The Morgan fingerprint density at radius 3 is 2.23 bits per heavy atom. The number of hydrogen-bond donors (Lipinski definition) is 0. The molecule has 6 heteroatoms. The molecule has 1 saturated carbocycles. The standard InChI is InChI=1S/C16H25BFNO3/c1-14(2)15(3,4)22-17(21-14)13(18)11-8-16(9-11)7-6-12(20)19(5)10-16/h6-10H2,1-5H3. The Hall–Kier alpha value is -0.875. The molecule has 3 aliphatic rings. The molecule has 0 radical (unpaired) electrons. The van der Waals surface area contributed by atoms with Gasteiger partial charge in [-0.1, -0.05) is 0 Å². The van der Waals surface area contributed by atoms with Gasteiger partial charge in [0, 0.05) is 20.0 Å². The molecule has 2 aliphatic heterocycles. The molecule has 3 fully saturated rings. The topological polar surface area (TPSA) is 38.8 Å². The van der Waals surface area contributed by atoms with E-state index in [0.717, 1.165) is 18.5 Å². The molecule has 0 unspecified atom stereocenters. The lowest BCUT2D eigenvalue weighted by Gasteiger charge is -2.49. The average Bonchev–Trinajstić information content (AvgIpc) is 2.58. The van der Waals surface area contributed by atoms with E-state index in [1.807, 2.05) is 34.7 Å². The molecule has 1 spiro atoms. The number of carbonyl (C=O) groups excluding carboxylic acids is 1. The molecule has 22 heavy (non-hydrogen) atoms. The third-order valence-electron chi connectivity index (χ3n) is 5.84. The first-order valence-corrected chi connectivity index (χ1v) is 8.02. The van der Waals surface area contributed by atoms with Crippen molar-refractivity contribution < 1.29 is 18.5 Å². The van der Waals surface area contributed by atoms with E-state index in [9.17, 15) is 9.18 Å². The minimum absolute atomic E-state index is 0.0684. The number of amides is 1. The SMILES string of the molecule is CN1CC2(CCC1=O)CC(=C(F)B1OC(C)(C)C(C)(C)O1)C2. The van der Waals surface area contributed by atoms with Crippen molar-refractivity contribution in [3.63, 3.8) is 0 Å². The molecule has 2 saturated heterocycles. The number of halogens is 1. The highest BCUT2D eigenvalue weighted by Gasteiger charge is 2.55. The van der Waals surface area contributed by atoms with Gasteiger partial charge in [0.15, 0.2) is 0 Å². The fourth-order valence-electron chi connectivity index (χ4n) is 3.66.